The fourth-order valence-electron chi connectivity index (χ4n) is 4.46. The van der Waals surface area contributed by atoms with Gasteiger partial charge in [0.2, 0.25) is 5.91 Å². The molecule has 2 aromatic carbocycles. The molecule has 0 radical (unpaired) electrons. The second-order valence-electron chi connectivity index (χ2n) is 9.22. The maximum atomic E-state index is 13.5. The number of nitrogens with zero attached hydrogens (tertiary/aromatic N) is 3. The molecule has 2 unspecified atom stereocenters. The molecule has 196 valence electrons. The second kappa shape index (κ2) is 11.6. The molecule has 1 fully saturated rings. The SMILES string of the molecule is Cc1cccc(CN2C(=O)OC(c3ccc(NC(=O)c4cccnc4)cc3)C2C(=O)NCc2ccccn2)c1. The number of rotatable bonds is 8. The molecule has 0 bridgehead atoms. The van der Waals surface area contributed by atoms with Crippen LogP contribution >= 0.6 is 0 Å². The molecule has 2 aromatic heterocycles. The number of pyridine rings is 2. The van der Waals surface area contributed by atoms with Crippen molar-refractivity contribution in [3.8, 4) is 0 Å². The van der Waals surface area contributed by atoms with E-state index in [4.69, 9.17) is 4.74 Å². The predicted molar refractivity (Wildman–Crippen MR) is 144 cm³/mol. The molecule has 5 rings (SSSR count). The largest absolute Gasteiger partial charge is 0.438 e. The Morgan fingerprint density at radius 2 is 1.82 bits per heavy atom. The van der Waals surface area contributed by atoms with Crippen LogP contribution in [0.1, 0.15) is 38.8 Å². The lowest BCUT2D eigenvalue weighted by molar-refractivity contribution is -0.126. The predicted octanol–water partition coefficient (Wildman–Crippen LogP) is 4.42. The molecule has 0 saturated carbocycles. The first kappa shape index (κ1) is 25.6. The molecule has 3 amide bonds. The van der Waals surface area contributed by atoms with Gasteiger partial charge in [0.15, 0.2) is 12.1 Å². The molecular weight excluding hydrogens is 494 g/mol. The second-order valence-corrected chi connectivity index (χ2v) is 9.22. The number of benzene rings is 2. The van der Waals surface area contributed by atoms with E-state index >= 15 is 0 Å². The molecular formula is C30H27N5O4. The molecule has 3 heterocycles. The summed E-state index contributed by atoms with van der Waals surface area (Å²) in [6.45, 7) is 2.41. The van der Waals surface area contributed by atoms with Crippen molar-refractivity contribution in [2.45, 2.75) is 32.2 Å². The zero-order valence-electron chi connectivity index (χ0n) is 21.3. The number of aryl methyl sites for hydroxylation is 1. The Morgan fingerprint density at radius 3 is 2.54 bits per heavy atom. The average Bonchev–Trinajstić information content (AvgIpc) is 3.28. The molecule has 1 saturated heterocycles. The number of anilines is 1. The van der Waals surface area contributed by atoms with Gasteiger partial charge in [-0.2, -0.15) is 0 Å². The summed E-state index contributed by atoms with van der Waals surface area (Å²) in [5.74, 6) is -0.641. The summed E-state index contributed by atoms with van der Waals surface area (Å²) in [5, 5.41) is 5.73. The van der Waals surface area contributed by atoms with Crippen LogP contribution < -0.4 is 10.6 Å². The van der Waals surface area contributed by atoms with E-state index in [0.29, 0.717) is 22.5 Å². The first-order chi connectivity index (χ1) is 19.0. The highest BCUT2D eigenvalue weighted by molar-refractivity contribution is 6.04. The monoisotopic (exact) mass is 521 g/mol. The fourth-order valence-corrected chi connectivity index (χ4v) is 4.46. The number of nitrogens with one attached hydrogen (secondary N) is 2. The number of hydrogen-bond acceptors (Lipinski definition) is 6. The standard InChI is InChI=1S/C30H27N5O4/c1-20-6-4-7-21(16-20)19-35-26(29(37)33-18-25-9-2-3-15-32-25)27(39-30(35)38)22-10-12-24(13-11-22)34-28(36)23-8-5-14-31-17-23/h2-17,26-27H,18-19H2,1H3,(H,33,37)(H,34,36). The van der Waals surface area contributed by atoms with Crippen molar-refractivity contribution < 1.29 is 19.1 Å². The van der Waals surface area contributed by atoms with Gasteiger partial charge in [-0.1, -0.05) is 48.0 Å². The minimum Gasteiger partial charge on any atom is -0.438 e. The van der Waals surface area contributed by atoms with Gasteiger partial charge in [-0.25, -0.2) is 4.79 Å². The topological polar surface area (TPSA) is 114 Å². The minimum absolute atomic E-state index is 0.217. The molecule has 9 heteroatoms. The summed E-state index contributed by atoms with van der Waals surface area (Å²) in [6.07, 6.45) is 3.33. The summed E-state index contributed by atoms with van der Waals surface area (Å²) < 4.78 is 5.75. The van der Waals surface area contributed by atoms with Crippen LogP contribution in [0.3, 0.4) is 0 Å². The maximum Gasteiger partial charge on any atom is 0.411 e. The molecule has 2 N–H and O–H groups in total. The minimum atomic E-state index is -0.905. The van der Waals surface area contributed by atoms with E-state index in [0.717, 1.165) is 11.1 Å². The van der Waals surface area contributed by atoms with Crippen LogP contribution in [0.5, 0.6) is 0 Å². The zero-order chi connectivity index (χ0) is 27.2. The number of cyclic esters (lactones) is 1. The van der Waals surface area contributed by atoms with E-state index in [1.165, 1.54) is 11.1 Å². The summed E-state index contributed by atoms with van der Waals surface area (Å²) in [7, 11) is 0. The Labute approximate surface area is 225 Å². The number of ether oxygens (including phenoxy) is 1. The van der Waals surface area contributed by atoms with Crippen LogP contribution in [-0.4, -0.2) is 38.8 Å². The molecule has 1 aliphatic rings. The molecule has 4 aromatic rings. The van der Waals surface area contributed by atoms with Gasteiger partial charge in [-0.05, 0) is 54.4 Å². The van der Waals surface area contributed by atoms with Crippen LogP contribution in [0, 0.1) is 6.92 Å². The van der Waals surface area contributed by atoms with Gasteiger partial charge >= 0.3 is 6.09 Å². The van der Waals surface area contributed by atoms with E-state index in [1.807, 2.05) is 43.3 Å². The third-order valence-electron chi connectivity index (χ3n) is 6.38. The van der Waals surface area contributed by atoms with Crippen LogP contribution in [0.25, 0.3) is 0 Å². The van der Waals surface area contributed by atoms with Crippen molar-refractivity contribution in [1.82, 2.24) is 20.2 Å². The van der Waals surface area contributed by atoms with Crippen molar-refractivity contribution in [3.63, 3.8) is 0 Å². The molecule has 0 spiro atoms. The van der Waals surface area contributed by atoms with Crippen LogP contribution in [0.15, 0.2) is 97.5 Å². The van der Waals surface area contributed by atoms with Gasteiger partial charge in [-0.15, -0.1) is 0 Å². The van der Waals surface area contributed by atoms with Gasteiger partial charge < -0.3 is 15.4 Å². The third kappa shape index (κ3) is 6.10. The number of amides is 3. The summed E-state index contributed by atoms with van der Waals surface area (Å²) >= 11 is 0. The summed E-state index contributed by atoms with van der Waals surface area (Å²) in [6, 6.07) is 22.6. The van der Waals surface area contributed by atoms with E-state index in [1.54, 1.807) is 54.9 Å². The van der Waals surface area contributed by atoms with Crippen LogP contribution in [0.4, 0.5) is 10.5 Å². The Morgan fingerprint density at radius 1 is 0.974 bits per heavy atom. The van der Waals surface area contributed by atoms with Crippen LogP contribution in [0.2, 0.25) is 0 Å². The Balaban J connectivity index is 1.37. The highest BCUT2D eigenvalue weighted by Crippen LogP contribution is 2.34. The number of aromatic nitrogens is 2. The number of carbonyl (C=O) groups is 3. The number of hydrogen-bond donors (Lipinski definition) is 2. The molecule has 2 atom stereocenters. The van der Waals surface area contributed by atoms with Crippen molar-refractivity contribution in [2.75, 3.05) is 5.32 Å². The normalized spacial score (nSPS) is 16.4. The first-order valence-electron chi connectivity index (χ1n) is 12.5. The van der Waals surface area contributed by atoms with E-state index in [-0.39, 0.29) is 24.9 Å². The summed E-state index contributed by atoms with van der Waals surface area (Å²) in [5.41, 5.74) is 4.27. The smallest absolute Gasteiger partial charge is 0.411 e. The zero-order valence-corrected chi connectivity index (χ0v) is 21.3. The fraction of sp³-hybridized carbons (Fsp3) is 0.167. The Hall–Kier alpha value is -5.05. The molecule has 1 aliphatic heterocycles. The van der Waals surface area contributed by atoms with Gasteiger partial charge in [-0.3, -0.25) is 24.5 Å². The van der Waals surface area contributed by atoms with E-state index in [2.05, 4.69) is 20.6 Å². The lowest BCUT2D eigenvalue weighted by Crippen LogP contribution is -2.46. The van der Waals surface area contributed by atoms with Gasteiger partial charge in [0.05, 0.1) is 24.3 Å². The lowest BCUT2D eigenvalue weighted by atomic mass is 10.00. The van der Waals surface area contributed by atoms with E-state index < -0.39 is 18.2 Å². The van der Waals surface area contributed by atoms with E-state index in [9.17, 15) is 14.4 Å². The Bertz CT molecular complexity index is 1460. The maximum absolute atomic E-state index is 13.5. The van der Waals surface area contributed by atoms with Gasteiger partial charge in [0, 0.05) is 24.3 Å². The van der Waals surface area contributed by atoms with Crippen LogP contribution in [-0.2, 0) is 22.6 Å². The Kier molecular flexibility index (Phi) is 7.58. The van der Waals surface area contributed by atoms with Crippen molar-refractivity contribution in [3.05, 3.63) is 125 Å². The quantitative estimate of drug-likeness (QED) is 0.355. The molecule has 39 heavy (non-hydrogen) atoms. The highest BCUT2D eigenvalue weighted by atomic mass is 16.6. The van der Waals surface area contributed by atoms with Gasteiger partial charge in [0.25, 0.3) is 5.91 Å². The van der Waals surface area contributed by atoms with Crippen molar-refractivity contribution in [1.29, 1.82) is 0 Å². The average molecular weight is 522 g/mol. The summed E-state index contributed by atoms with van der Waals surface area (Å²) in [4.78, 5) is 48.7. The third-order valence-corrected chi connectivity index (χ3v) is 6.38. The number of carbonyl (C=O) groups excluding carboxylic acids is 3. The van der Waals surface area contributed by atoms with Crippen molar-refractivity contribution in [2.24, 2.45) is 0 Å². The highest BCUT2D eigenvalue weighted by Gasteiger charge is 2.47. The molecule has 0 aliphatic carbocycles. The first-order valence-corrected chi connectivity index (χ1v) is 12.5. The lowest BCUT2D eigenvalue weighted by Gasteiger charge is -2.24. The van der Waals surface area contributed by atoms with Crippen molar-refractivity contribution >= 4 is 23.6 Å². The van der Waals surface area contributed by atoms with Gasteiger partial charge in [0.1, 0.15) is 0 Å². The molecule has 9 nitrogen and oxygen atoms in total.